The second kappa shape index (κ2) is 16.3. The third kappa shape index (κ3) is 9.13. The molecule has 0 bridgehead atoms. The molecule has 63 heavy (non-hydrogen) atoms. The Morgan fingerprint density at radius 1 is 0.762 bits per heavy atom. The van der Waals surface area contributed by atoms with E-state index in [1.807, 2.05) is 27.9 Å². The molecule has 338 valence electrons. The van der Waals surface area contributed by atoms with Crippen molar-refractivity contribution in [3.63, 3.8) is 0 Å². The molecule has 10 nitrogen and oxygen atoms in total. The number of hydrogen-bond donors (Lipinski definition) is 0. The molecular formula is C53H74N8O2. The number of para-hydroxylation sites is 2. The lowest BCUT2D eigenvalue weighted by Crippen LogP contribution is -2.53. The Morgan fingerprint density at radius 3 is 2.06 bits per heavy atom. The Labute approximate surface area is 377 Å². The Balaban J connectivity index is 1.26. The van der Waals surface area contributed by atoms with E-state index >= 15 is 4.79 Å². The number of rotatable bonds is 10. The van der Waals surface area contributed by atoms with Crippen LogP contribution in [0.1, 0.15) is 146 Å². The maximum atomic E-state index is 15.4. The zero-order chi connectivity index (χ0) is 46.1. The van der Waals surface area contributed by atoms with Gasteiger partial charge >= 0.3 is 0 Å². The maximum absolute atomic E-state index is 15.4. The molecule has 4 heterocycles. The SMILES string of the molecule is CN1Cc2c(c3ccccc3n2C(C)(C)C)C(C(C)(C)CCC(C)(C)O/N=C/C(C)(C)C)N1CCC(C)(C)C(=O)N1Cc2ccccc2-c2c(nnn2C(C)(C)C)-c2ccccc21. The van der Waals surface area contributed by atoms with E-state index in [1.165, 1.54) is 22.2 Å². The van der Waals surface area contributed by atoms with E-state index in [0.29, 0.717) is 19.5 Å². The average Bonchev–Trinajstić information content (AvgIpc) is 3.77. The number of nitrogens with zero attached hydrogens (tertiary/aromatic N) is 8. The summed E-state index contributed by atoms with van der Waals surface area (Å²) >= 11 is 0. The van der Waals surface area contributed by atoms with Crippen molar-refractivity contribution in [2.75, 3.05) is 18.5 Å². The number of carbonyl (C=O) groups is 1. The van der Waals surface area contributed by atoms with E-state index in [9.17, 15) is 0 Å². The molecule has 1 atom stereocenters. The summed E-state index contributed by atoms with van der Waals surface area (Å²) in [6, 6.07) is 25.6. The zero-order valence-corrected chi connectivity index (χ0v) is 41.2. The Bertz CT molecular complexity index is 2500. The van der Waals surface area contributed by atoms with Crippen LogP contribution in [0.3, 0.4) is 0 Å². The quantitative estimate of drug-likeness (QED) is 0.103. The van der Waals surface area contributed by atoms with Crippen molar-refractivity contribution in [2.45, 2.75) is 159 Å². The molecule has 5 aromatic rings. The number of hydrogen-bond acceptors (Lipinski definition) is 7. The van der Waals surface area contributed by atoms with Gasteiger partial charge in [-0.2, -0.15) is 0 Å². The van der Waals surface area contributed by atoms with Gasteiger partial charge in [0.1, 0.15) is 11.3 Å². The molecule has 7 rings (SSSR count). The average molecular weight is 855 g/mol. The van der Waals surface area contributed by atoms with Gasteiger partial charge in [0.15, 0.2) is 0 Å². The molecule has 0 spiro atoms. The summed E-state index contributed by atoms with van der Waals surface area (Å²) in [6.07, 6.45) is 4.28. The monoisotopic (exact) mass is 855 g/mol. The smallest absolute Gasteiger partial charge is 0.233 e. The first-order chi connectivity index (χ1) is 29.2. The number of amides is 1. The standard InChI is InChI=1S/C53H74N8O2/c1-48(2,3)35-54-63-53(14,15)30-29-51(10,11)46-43-38-25-19-22-28-41(38)60(49(4,5)6)42(43)34-57(16)59(46)32-31-52(12,13)47(62)58-33-36-23-17-18-24-37(36)45-44(39-26-20-21-27-40(39)58)55-56-61(45)50(7,8)9/h17-28,35,46H,29-34H2,1-16H3/b54-35+. The number of anilines is 1. The second-order valence-electron chi connectivity index (χ2n) is 23.3. The number of aromatic nitrogens is 4. The first-order valence-electron chi connectivity index (χ1n) is 23.0. The number of fused-ring (bicyclic) bond motifs is 8. The van der Waals surface area contributed by atoms with Gasteiger partial charge in [0.2, 0.25) is 5.91 Å². The number of hydrazine groups is 1. The normalized spacial score (nSPS) is 17.0. The van der Waals surface area contributed by atoms with E-state index in [4.69, 9.17) is 15.1 Å². The van der Waals surface area contributed by atoms with Crippen LogP contribution in [0.2, 0.25) is 0 Å². The molecule has 0 fully saturated rings. The Hall–Kier alpha value is -4.80. The highest BCUT2D eigenvalue weighted by atomic mass is 16.6. The van der Waals surface area contributed by atoms with Crippen molar-refractivity contribution in [3.8, 4) is 22.5 Å². The third-order valence-corrected chi connectivity index (χ3v) is 13.1. The van der Waals surface area contributed by atoms with Gasteiger partial charge < -0.3 is 14.3 Å². The Morgan fingerprint density at radius 2 is 1.40 bits per heavy atom. The summed E-state index contributed by atoms with van der Waals surface area (Å²) in [6.45, 7) is 35.1. The lowest BCUT2D eigenvalue weighted by atomic mass is 9.73. The molecule has 1 unspecified atom stereocenters. The minimum Gasteiger partial charge on any atom is -0.390 e. The third-order valence-electron chi connectivity index (χ3n) is 13.1. The van der Waals surface area contributed by atoms with Crippen molar-refractivity contribution in [1.82, 2.24) is 29.6 Å². The van der Waals surface area contributed by atoms with Crippen LogP contribution in [0.4, 0.5) is 5.69 Å². The summed E-state index contributed by atoms with van der Waals surface area (Å²) < 4.78 is 4.60. The second-order valence-corrected chi connectivity index (χ2v) is 23.3. The summed E-state index contributed by atoms with van der Waals surface area (Å²) in [5.74, 6) is 0.0895. The fourth-order valence-corrected chi connectivity index (χ4v) is 9.70. The fourth-order valence-electron chi connectivity index (χ4n) is 9.70. The van der Waals surface area contributed by atoms with Crippen molar-refractivity contribution in [2.24, 2.45) is 21.4 Å². The predicted octanol–water partition coefficient (Wildman–Crippen LogP) is 12.4. The largest absolute Gasteiger partial charge is 0.390 e. The summed E-state index contributed by atoms with van der Waals surface area (Å²) in [4.78, 5) is 23.6. The predicted molar refractivity (Wildman–Crippen MR) is 259 cm³/mol. The van der Waals surface area contributed by atoms with Crippen molar-refractivity contribution < 1.29 is 9.63 Å². The highest BCUT2D eigenvalue weighted by Crippen LogP contribution is 2.52. The molecular weight excluding hydrogens is 781 g/mol. The van der Waals surface area contributed by atoms with Crippen molar-refractivity contribution >= 4 is 28.7 Å². The van der Waals surface area contributed by atoms with Crippen LogP contribution in [-0.2, 0) is 33.8 Å². The Kier molecular flexibility index (Phi) is 12.0. The molecule has 1 amide bonds. The highest BCUT2D eigenvalue weighted by molar-refractivity contribution is 6.02. The summed E-state index contributed by atoms with van der Waals surface area (Å²) in [5.41, 5.74) is 7.85. The first-order valence-corrected chi connectivity index (χ1v) is 23.0. The van der Waals surface area contributed by atoms with Gasteiger partial charge in [0, 0.05) is 69.5 Å². The van der Waals surface area contributed by atoms with Gasteiger partial charge in [-0.25, -0.2) is 14.7 Å². The fraction of sp³-hybridized carbons (Fsp3) is 0.547. The summed E-state index contributed by atoms with van der Waals surface area (Å²) in [7, 11) is 2.23. The van der Waals surface area contributed by atoms with Gasteiger partial charge in [-0.15, -0.1) is 5.10 Å². The topological polar surface area (TPSA) is 84.0 Å². The van der Waals surface area contributed by atoms with Crippen molar-refractivity contribution in [3.05, 3.63) is 89.6 Å². The number of benzene rings is 3. The molecule has 2 aromatic heterocycles. The van der Waals surface area contributed by atoms with E-state index in [1.54, 1.807) is 0 Å². The van der Waals surface area contributed by atoms with E-state index in [0.717, 1.165) is 53.2 Å². The van der Waals surface area contributed by atoms with Gasteiger partial charge in [-0.05, 0) is 97.8 Å². The van der Waals surface area contributed by atoms with Crippen molar-refractivity contribution in [1.29, 1.82) is 0 Å². The number of carbonyl (C=O) groups excluding carboxylic acids is 1. The van der Waals surface area contributed by atoms with Crippen LogP contribution in [0, 0.1) is 16.2 Å². The molecule has 0 aliphatic carbocycles. The first kappa shape index (κ1) is 46.2. The highest BCUT2D eigenvalue weighted by Gasteiger charge is 2.47. The van der Waals surface area contributed by atoms with E-state index in [-0.39, 0.29) is 33.9 Å². The van der Waals surface area contributed by atoms with Crippen LogP contribution in [-0.4, -0.2) is 60.9 Å². The zero-order valence-electron chi connectivity index (χ0n) is 41.2. The van der Waals surface area contributed by atoms with E-state index < -0.39 is 11.0 Å². The molecule has 3 aromatic carbocycles. The minimum atomic E-state index is -0.719. The lowest BCUT2D eigenvalue weighted by Gasteiger charge is -2.51. The van der Waals surface area contributed by atoms with Crippen LogP contribution in [0.5, 0.6) is 0 Å². The maximum Gasteiger partial charge on any atom is 0.233 e. The molecule has 2 aliphatic rings. The minimum absolute atomic E-state index is 0.0256. The molecule has 0 saturated heterocycles. The van der Waals surface area contributed by atoms with Gasteiger partial charge in [-0.3, -0.25) is 4.79 Å². The summed E-state index contributed by atoms with van der Waals surface area (Å²) in [5, 5.41) is 20.3. The molecule has 0 radical (unpaired) electrons. The van der Waals surface area contributed by atoms with Gasteiger partial charge in [-0.1, -0.05) is 119 Å². The van der Waals surface area contributed by atoms with Crippen LogP contribution >= 0.6 is 0 Å². The number of oxime groups is 1. The van der Waals surface area contributed by atoms with Gasteiger partial charge in [0.05, 0.1) is 36.1 Å². The molecule has 2 aliphatic heterocycles. The lowest BCUT2D eigenvalue weighted by molar-refractivity contribution is -0.132. The molecule has 10 heteroatoms. The molecule has 0 N–H and O–H groups in total. The van der Waals surface area contributed by atoms with E-state index in [2.05, 4.69) is 191 Å². The van der Waals surface area contributed by atoms with Crippen LogP contribution < -0.4 is 4.90 Å². The van der Waals surface area contributed by atoms with Crippen LogP contribution in [0.15, 0.2) is 78.0 Å². The van der Waals surface area contributed by atoms with Crippen LogP contribution in [0.25, 0.3) is 33.4 Å². The van der Waals surface area contributed by atoms with Gasteiger partial charge in [0.25, 0.3) is 0 Å². The molecule has 0 saturated carbocycles.